The first-order chi connectivity index (χ1) is 7.72. The van der Waals surface area contributed by atoms with E-state index in [1.807, 2.05) is 30.3 Å². The minimum absolute atomic E-state index is 0.547. The van der Waals surface area contributed by atoms with E-state index in [1.54, 1.807) is 12.1 Å². The van der Waals surface area contributed by atoms with E-state index < -0.39 is 12.1 Å². The summed E-state index contributed by atoms with van der Waals surface area (Å²) < 4.78 is 4.49. The number of rotatable bonds is 2. The van der Waals surface area contributed by atoms with E-state index in [0.29, 0.717) is 5.56 Å². The van der Waals surface area contributed by atoms with Gasteiger partial charge in [0.25, 0.3) is 0 Å². The first kappa shape index (κ1) is 10.6. The lowest BCUT2D eigenvalue weighted by Crippen LogP contribution is -2.13. The molecule has 2 aromatic carbocycles. The van der Waals surface area contributed by atoms with Crippen molar-refractivity contribution in [1.82, 2.24) is 0 Å². The van der Waals surface area contributed by atoms with E-state index >= 15 is 0 Å². The Bertz CT molecular complexity index is 519. The molecule has 0 fully saturated rings. The molecule has 0 bridgehead atoms. The third-order valence-corrected chi connectivity index (χ3v) is 2.51. The zero-order valence-electron chi connectivity index (χ0n) is 8.88. The lowest BCUT2D eigenvalue weighted by atomic mass is 10.0. The molecule has 2 rings (SSSR count). The quantitative estimate of drug-likeness (QED) is 0.781. The van der Waals surface area contributed by atoms with Gasteiger partial charge in [0.05, 0.1) is 7.11 Å². The summed E-state index contributed by atoms with van der Waals surface area (Å²) in [7, 11) is 1.26. The van der Waals surface area contributed by atoms with Crippen molar-refractivity contribution in [1.29, 1.82) is 0 Å². The maximum absolute atomic E-state index is 11.2. The van der Waals surface area contributed by atoms with Crippen LogP contribution in [0.4, 0.5) is 0 Å². The highest BCUT2D eigenvalue weighted by atomic mass is 16.5. The van der Waals surface area contributed by atoms with Crippen LogP contribution < -0.4 is 0 Å². The Morgan fingerprint density at radius 1 is 1.19 bits per heavy atom. The smallest absolute Gasteiger partial charge is 0.339 e. The second kappa shape index (κ2) is 4.33. The highest BCUT2D eigenvalue weighted by molar-refractivity contribution is 5.85. The molecular formula is C13H12O3. The van der Waals surface area contributed by atoms with E-state index in [4.69, 9.17) is 0 Å². The number of fused-ring (bicyclic) bond motifs is 1. The van der Waals surface area contributed by atoms with Gasteiger partial charge in [0, 0.05) is 0 Å². The third-order valence-electron chi connectivity index (χ3n) is 2.51. The van der Waals surface area contributed by atoms with Crippen LogP contribution in [0.2, 0.25) is 0 Å². The minimum atomic E-state index is -1.21. The van der Waals surface area contributed by atoms with E-state index in [9.17, 15) is 9.90 Å². The highest BCUT2D eigenvalue weighted by Gasteiger charge is 2.17. The largest absolute Gasteiger partial charge is 0.467 e. The topological polar surface area (TPSA) is 46.5 Å². The van der Waals surface area contributed by atoms with E-state index in [0.717, 1.165) is 10.8 Å². The molecule has 2 aromatic rings. The van der Waals surface area contributed by atoms with Crippen LogP contribution in [0.3, 0.4) is 0 Å². The monoisotopic (exact) mass is 216 g/mol. The summed E-state index contributed by atoms with van der Waals surface area (Å²) in [5.74, 6) is -0.643. The normalized spacial score (nSPS) is 12.4. The van der Waals surface area contributed by atoms with Crippen molar-refractivity contribution in [3.8, 4) is 0 Å². The van der Waals surface area contributed by atoms with Crippen LogP contribution in [0.25, 0.3) is 10.8 Å². The van der Waals surface area contributed by atoms with Crippen LogP contribution in [0, 0.1) is 0 Å². The molecule has 0 aliphatic rings. The van der Waals surface area contributed by atoms with Gasteiger partial charge in [-0.1, -0.05) is 36.4 Å². The number of aliphatic hydroxyl groups excluding tert-OH is 1. The van der Waals surface area contributed by atoms with Crippen molar-refractivity contribution in [2.75, 3.05) is 7.11 Å². The van der Waals surface area contributed by atoms with Crippen molar-refractivity contribution < 1.29 is 14.6 Å². The number of aliphatic hydroxyl groups is 1. The SMILES string of the molecule is COC(=O)C(O)c1ccc2ccccc2c1. The molecule has 0 radical (unpaired) electrons. The molecule has 0 saturated heterocycles. The second-order valence-corrected chi connectivity index (χ2v) is 3.53. The van der Waals surface area contributed by atoms with E-state index in [2.05, 4.69) is 4.74 Å². The fraction of sp³-hybridized carbons (Fsp3) is 0.154. The van der Waals surface area contributed by atoms with Gasteiger partial charge in [0.2, 0.25) is 0 Å². The highest BCUT2D eigenvalue weighted by Crippen LogP contribution is 2.20. The molecule has 0 amide bonds. The summed E-state index contributed by atoms with van der Waals surface area (Å²) in [5.41, 5.74) is 0.547. The van der Waals surface area contributed by atoms with E-state index in [1.165, 1.54) is 7.11 Å². The number of carbonyl (C=O) groups is 1. The Morgan fingerprint density at radius 2 is 1.88 bits per heavy atom. The molecule has 16 heavy (non-hydrogen) atoms. The standard InChI is InChI=1S/C13H12O3/c1-16-13(15)12(14)11-7-6-9-4-2-3-5-10(9)8-11/h2-8,12,14H,1H3. The zero-order chi connectivity index (χ0) is 11.5. The second-order valence-electron chi connectivity index (χ2n) is 3.53. The molecule has 1 unspecified atom stereocenters. The number of hydrogen-bond donors (Lipinski definition) is 1. The first-order valence-corrected chi connectivity index (χ1v) is 4.97. The van der Waals surface area contributed by atoms with Crippen LogP contribution in [0.15, 0.2) is 42.5 Å². The van der Waals surface area contributed by atoms with Crippen molar-refractivity contribution in [3.63, 3.8) is 0 Å². The van der Waals surface area contributed by atoms with Gasteiger partial charge in [-0.25, -0.2) is 4.79 Å². The molecule has 3 heteroatoms. The molecule has 0 aromatic heterocycles. The summed E-state index contributed by atoms with van der Waals surface area (Å²) in [4.78, 5) is 11.2. The number of carbonyl (C=O) groups excluding carboxylic acids is 1. The van der Waals surface area contributed by atoms with Crippen LogP contribution in [0.5, 0.6) is 0 Å². The molecule has 0 saturated carbocycles. The number of benzene rings is 2. The Morgan fingerprint density at radius 3 is 2.56 bits per heavy atom. The Kier molecular flexibility index (Phi) is 2.88. The fourth-order valence-corrected chi connectivity index (χ4v) is 1.63. The van der Waals surface area contributed by atoms with Gasteiger partial charge in [0.15, 0.2) is 6.10 Å². The Labute approximate surface area is 93.3 Å². The molecule has 1 N–H and O–H groups in total. The van der Waals surface area contributed by atoms with Gasteiger partial charge in [-0.05, 0) is 22.4 Å². The number of ether oxygens (including phenoxy) is 1. The van der Waals surface area contributed by atoms with Crippen molar-refractivity contribution >= 4 is 16.7 Å². The average Bonchev–Trinajstić information content (AvgIpc) is 2.36. The van der Waals surface area contributed by atoms with Crippen LogP contribution >= 0.6 is 0 Å². The third kappa shape index (κ3) is 1.90. The number of methoxy groups -OCH3 is 1. The first-order valence-electron chi connectivity index (χ1n) is 4.97. The van der Waals surface area contributed by atoms with Gasteiger partial charge in [-0.2, -0.15) is 0 Å². The summed E-state index contributed by atoms with van der Waals surface area (Å²) >= 11 is 0. The summed E-state index contributed by atoms with van der Waals surface area (Å²) in [6.07, 6.45) is -1.21. The summed E-state index contributed by atoms with van der Waals surface area (Å²) in [5, 5.41) is 11.7. The van der Waals surface area contributed by atoms with E-state index in [-0.39, 0.29) is 0 Å². The molecule has 0 heterocycles. The lowest BCUT2D eigenvalue weighted by Gasteiger charge is -2.09. The van der Waals surface area contributed by atoms with Crippen LogP contribution in [0.1, 0.15) is 11.7 Å². The average molecular weight is 216 g/mol. The van der Waals surface area contributed by atoms with Crippen molar-refractivity contribution in [3.05, 3.63) is 48.0 Å². The van der Waals surface area contributed by atoms with Gasteiger partial charge in [-0.3, -0.25) is 0 Å². The maximum atomic E-state index is 11.2. The molecule has 1 atom stereocenters. The van der Waals surface area contributed by atoms with Gasteiger partial charge in [0.1, 0.15) is 0 Å². The number of hydrogen-bond acceptors (Lipinski definition) is 3. The predicted molar refractivity (Wildman–Crippen MR) is 60.9 cm³/mol. The summed E-state index contributed by atoms with van der Waals surface area (Å²) in [6, 6.07) is 13.2. The van der Waals surface area contributed by atoms with Crippen LogP contribution in [-0.2, 0) is 9.53 Å². The zero-order valence-corrected chi connectivity index (χ0v) is 8.88. The van der Waals surface area contributed by atoms with Gasteiger partial charge >= 0.3 is 5.97 Å². The van der Waals surface area contributed by atoms with Gasteiger partial charge < -0.3 is 9.84 Å². The Balaban J connectivity index is 2.43. The van der Waals surface area contributed by atoms with Crippen molar-refractivity contribution in [2.45, 2.75) is 6.10 Å². The molecule has 3 nitrogen and oxygen atoms in total. The molecular weight excluding hydrogens is 204 g/mol. The predicted octanol–water partition coefficient (Wildman–Crippen LogP) is 2.05. The molecule has 0 aliphatic carbocycles. The molecule has 0 spiro atoms. The molecule has 0 aliphatic heterocycles. The minimum Gasteiger partial charge on any atom is -0.467 e. The van der Waals surface area contributed by atoms with Crippen molar-refractivity contribution in [2.24, 2.45) is 0 Å². The molecule has 82 valence electrons. The summed E-state index contributed by atoms with van der Waals surface area (Å²) in [6.45, 7) is 0. The van der Waals surface area contributed by atoms with Crippen LogP contribution in [-0.4, -0.2) is 18.2 Å². The maximum Gasteiger partial charge on any atom is 0.339 e. The fourth-order valence-electron chi connectivity index (χ4n) is 1.63. The Hall–Kier alpha value is -1.87. The number of esters is 1. The lowest BCUT2D eigenvalue weighted by molar-refractivity contribution is -0.150. The van der Waals surface area contributed by atoms with Gasteiger partial charge in [-0.15, -0.1) is 0 Å².